The van der Waals surface area contributed by atoms with Crippen LogP contribution in [0, 0.1) is 0 Å². The molecule has 0 unspecified atom stereocenters. The average molecular weight is 597 g/mol. The maximum Gasteiger partial charge on any atom is 0.344 e. The van der Waals surface area contributed by atoms with Crippen LogP contribution in [0.15, 0.2) is 0 Å². The van der Waals surface area contributed by atoms with Crippen molar-refractivity contribution in [2.24, 2.45) is 0 Å². The topological polar surface area (TPSA) is 195 Å². The van der Waals surface area contributed by atoms with E-state index < -0.39 is 23.9 Å². The van der Waals surface area contributed by atoms with Crippen LogP contribution in [0.25, 0.3) is 0 Å². The van der Waals surface area contributed by atoms with E-state index in [4.69, 9.17) is 0 Å². The Balaban J connectivity index is -0.0000000562. The molecule has 0 aromatic carbocycles. The Morgan fingerprint density at radius 2 is 0.500 bits per heavy atom. The molecule has 40 heavy (non-hydrogen) atoms. The van der Waals surface area contributed by atoms with Gasteiger partial charge >= 0.3 is 35.8 Å². The van der Waals surface area contributed by atoms with Crippen LogP contribution >= 0.6 is 0 Å². The molecule has 16 heteroatoms. The number of ether oxygens (including phenoxy) is 10. The predicted octanol–water partition coefficient (Wildman–Crippen LogP) is 0.854. The van der Waals surface area contributed by atoms with Crippen LogP contribution in [-0.2, 0) is 76.1 Å². The van der Waals surface area contributed by atoms with Gasteiger partial charge in [-0.1, -0.05) is 29.7 Å². The molecule has 0 aromatic rings. The summed E-state index contributed by atoms with van der Waals surface area (Å²) >= 11 is 0. The first-order valence-corrected chi connectivity index (χ1v) is 9.57. The van der Waals surface area contributed by atoms with Gasteiger partial charge in [-0.3, -0.25) is 0 Å². The fourth-order valence-electron chi connectivity index (χ4n) is 1.07. The van der Waals surface area contributed by atoms with E-state index in [1.54, 1.807) is 0 Å². The minimum absolute atomic E-state index is 0. The first kappa shape index (κ1) is 56.8. The van der Waals surface area contributed by atoms with Gasteiger partial charge in [-0.2, -0.15) is 0 Å². The van der Waals surface area contributed by atoms with Gasteiger partial charge in [-0.05, 0) is 0 Å². The van der Waals surface area contributed by atoms with Crippen LogP contribution in [0.5, 0.6) is 0 Å². The molecular weight excluding hydrogens is 544 g/mol. The summed E-state index contributed by atoms with van der Waals surface area (Å²) in [5.41, 5.74) is 0. The lowest BCUT2D eigenvalue weighted by Gasteiger charge is -2.01. The third kappa shape index (κ3) is 55.3. The standard InChI is InChI=1S/2C6H10O5.2C4H8O3.4CH4/c2*1-9-3-6(8)11-4-5(7)10-2;2*1-6-3-4(5)7-2;;;;/h2*3-4H2,1-2H3;2*3H2,1-2H3;4*1H4. The molecule has 0 aromatic heterocycles. The summed E-state index contributed by atoms with van der Waals surface area (Å²) in [4.78, 5) is 61.9. The second-order valence-corrected chi connectivity index (χ2v) is 5.36. The van der Waals surface area contributed by atoms with Gasteiger partial charge in [-0.25, -0.2) is 28.8 Å². The highest BCUT2D eigenvalue weighted by atomic mass is 16.6. The summed E-state index contributed by atoms with van der Waals surface area (Å²) in [5.74, 6) is -3.04. The molecule has 0 radical (unpaired) electrons. The summed E-state index contributed by atoms with van der Waals surface area (Å²) in [6.45, 7) is -0.960. The molecule has 0 saturated heterocycles. The monoisotopic (exact) mass is 596 g/mol. The number of carbonyl (C=O) groups is 6. The average Bonchev–Trinajstić information content (AvgIpc) is 2.87. The van der Waals surface area contributed by atoms with E-state index in [1.165, 1.54) is 56.9 Å². The highest BCUT2D eigenvalue weighted by Crippen LogP contribution is 1.82. The largest absolute Gasteiger partial charge is 0.467 e. The van der Waals surface area contributed by atoms with Gasteiger partial charge in [-0.15, -0.1) is 0 Å². The van der Waals surface area contributed by atoms with E-state index in [-0.39, 0.29) is 81.3 Å². The molecule has 244 valence electrons. The van der Waals surface area contributed by atoms with Crippen LogP contribution in [0.4, 0.5) is 0 Å². The van der Waals surface area contributed by atoms with Crippen molar-refractivity contribution in [2.45, 2.75) is 29.7 Å². The van der Waals surface area contributed by atoms with E-state index in [9.17, 15) is 28.8 Å². The number of carbonyl (C=O) groups excluding carboxylic acids is 6. The highest BCUT2D eigenvalue weighted by Gasteiger charge is 2.06. The van der Waals surface area contributed by atoms with E-state index in [0.717, 1.165) is 0 Å². The van der Waals surface area contributed by atoms with Gasteiger partial charge in [0.1, 0.15) is 26.4 Å². The quantitative estimate of drug-likeness (QED) is 0.227. The summed E-state index contributed by atoms with van der Waals surface area (Å²) in [6.07, 6.45) is 0. The summed E-state index contributed by atoms with van der Waals surface area (Å²) < 4.78 is 43.4. The Kier molecular flexibility index (Phi) is 64.7. The predicted molar refractivity (Wildman–Crippen MR) is 144 cm³/mol. The normalized spacial score (nSPS) is 7.80. The molecular formula is C24H52O16. The molecule has 0 spiro atoms. The molecule has 0 bridgehead atoms. The van der Waals surface area contributed by atoms with Crippen molar-refractivity contribution in [2.75, 3.05) is 96.5 Å². The number of hydrogen-bond acceptors (Lipinski definition) is 16. The molecule has 0 aliphatic rings. The summed E-state index contributed by atoms with van der Waals surface area (Å²) in [6, 6.07) is 0. The smallest absolute Gasteiger partial charge is 0.344 e. The van der Waals surface area contributed by atoms with Crippen molar-refractivity contribution in [3.8, 4) is 0 Å². The second kappa shape index (κ2) is 45.6. The molecule has 0 rings (SSSR count). The molecule has 0 atom stereocenters. The van der Waals surface area contributed by atoms with Crippen molar-refractivity contribution < 1.29 is 76.1 Å². The Bertz CT molecular complexity index is 556. The van der Waals surface area contributed by atoms with Crippen LogP contribution in [0.2, 0.25) is 0 Å². The van der Waals surface area contributed by atoms with Gasteiger partial charge in [0.05, 0.1) is 28.4 Å². The van der Waals surface area contributed by atoms with Crippen LogP contribution in [0.3, 0.4) is 0 Å². The lowest BCUT2D eigenvalue weighted by atomic mass is 10.7. The lowest BCUT2D eigenvalue weighted by molar-refractivity contribution is -0.159. The third-order valence-electron chi connectivity index (χ3n) is 2.66. The molecule has 0 heterocycles. The van der Waals surface area contributed by atoms with E-state index in [1.807, 2.05) is 0 Å². The molecule has 16 nitrogen and oxygen atoms in total. The number of methoxy groups -OCH3 is 8. The molecule has 0 amide bonds. The van der Waals surface area contributed by atoms with Crippen molar-refractivity contribution in [3.63, 3.8) is 0 Å². The minimum Gasteiger partial charge on any atom is -0.467 e. The van der Waals surface area contributed by atoms with Crippen molar-refractivity contribution in [3.05, 3.63) is 0 Å². The third-order valence-corrected chi connectivity index (χ3v) is 2.66. The van der Waals surface area contributed by atoms with Crippen molar-refractivity contribution in [1.82, 2.24) is 0 Å². The zero-order chi connectivity index (χ0) is 28.8. The second-order valence-electron chi connectivity index (χ2n) is 5.36. The van der Waals surface area contributed by atoms with Gasteiger partial charge < -0.3 is 47.4 Å². The van der Waals surface area contributed by atoms with Crippen molar-refractivity contribution in [1.29, 1.82) is 0 Å². The number of esters is 6. The van der Waals surface area contributed by atoms with E-state index in [0.29, 0.717) is 0 Å². The fourth-order valence-corrected chi connectivity index (χ4v) is 1.07. The van der Waals surface area contributed by atoms with Gasteiger partial charge in [0.15, 0.2) is 13.2 Å². The molecule has 0 saturated carbocycles. The Morgan fingerprint density at radius 3 is 0.650 bits per heavy atom. The van der Waals surface area contributed by atoms with Crippen molar-refractivity contribution >= 4 is 35.8 Å². The first-order chi connectivity index (χ1) is 17.0. The zero-order valence-electron chi connectivity index (χ0n) is 21.8. The molecule has 0 fully saturated rings. The number of hydrogen-bond donors (Lipinski definition) is 0. The molecule has 0 aliphatic carbocycles. The van der Waals surface area contributed by atoms with Gasteiger partial charge in [0.2, 0.25) is 0 Å². The molecule has 0 aliphatic heterocycles. The van der Waals surface area contributed by atoms with Crippen LogP contribution in [-0.4, -0.2) is 132 Å². The SMILES string of the molecule is C.C.C.C.COCC(=O)OC.COCC(=O)OC.COCC(=O)OCC(=O)OC.COCC(=O)OCC(=O)OC. The summed E-state index contributed by atoms with van der Waals surface area (Å²) in [7, 11) is 10.7. The lowest BCUT2D eigenvalue weighted by Crippen LogP contribution is -2.17. The van der Waals surface area contributed by atoms with E-state index in [2.05, 4.69) is 47.4 Å². The zero-order valence-corrected chi connectivity index (χ0v) is 21.8. The summed E-state index contributed by atoms with van der Waals surface area (Å²) in [5, 5.41) is 0. The Morgan fingerprint density at radius 1 is 0.325 bits per heavy atom. The van der Waals surface area contributed by atoms with Crippen LogP contribution < -0.4 is 0 Å². The maximum atomic E-state index is 10.5. The maximum absolute atomic E-state index is 10.5. The first-order valence-electron chi connectivity index (χ1n) is 9.57. The Hall–Kier alpha value is -3.34. The van der Waals surface area contributed by atoms with Gasteiger partial charge in [0.25, 0.3) is 0 Å². The Labute approximate surface area is 238 Å². The van der Waals surface area contributed by atoms with E-state index >= 15 is 0 Å². The van der Waals surface area contributed by atoms with Crippen LogP contribution in [0.1, 0.15) is 29.7 Å². The minimum atomic E-state index is -0.588. The number of rotatable bonds is 12. The highest BCUT2D eigenvalue weighted by molar-refractivity contribution is 5.77. The fraction of sp³-hybridized carbons (Fsp3) is 0.750. The molecule has 0 N–H and O–H groups in total. The van der Waals surface area contributed by atoms with Gasteiger partial charge in [0, 0.05) is 28.4 Å².